The lowest BCUT2D eigenvalue weighted by atomic mass is 10.1. The van der Waals surface area contributed by atoms with Crippen LogP contribution in [0.3, 0.4) is 0 Å². The summed E-state index contributed by atoms with van der Waals surface area (Å²) in [4.78, 5) is 4.48. The van der Waals surface area contributed by atoms with Gasteiger partial charge in [0, 0.05) is 24.0 Å². The summed E-state index contributed by atoms with van der Waals surface area (Å²) in [5.74, 6) is -0.243. The van der Waals surface area contributed by atoms with E-state index in [9.17, 15) is 9.50 Å². The molecule has 0 aliphatic rings. The van der Waals surface area contributed by atoms with Crippen LogP contribution < -0.4 is 5.32 Å². The molecule has 2 rings (SSSR count). The van der Waals surface area contributed by atoms with Gasteiger partial charge in [-0.1, -0.05) is 0 Å². The smallest absolute Gasteiger partial charge is 0.123 e. The van der Waals surface area contributed by atoms with Gasteiger partial charge in [-0.05, 0) is 38.1 Å². The van der Waals surface area contributed by atoms with E-state index in [1.807, 2.05) is 5.38 Å². The fourth-order valence-electron chi connectivity index (χ4n) is 1.61. The first-order valence-electron chi connectivity index (χ1n) is 6.07. The van der Waals surface area contributed by atoms with Gasteiger partial charge in [0.25, 0.3) is 0 Å². The van der Waals surface area contributed by atoms with Crippen LogP contribution in [0.2, 0.25) is 0 Å². The Bertz CT molecular complexity index is 531. The lowest BCUT2D eigenvalue weighted by Gasteiger charge is -2.16. The zero-order chi connectivity index (χ0) is 13.9. The van der Waals surface area contributed by atoms with Crippen LogP contribution in [-0.4, -0.2) is 22.2 Å². The van der Waals surface area contributed by atoms with Crippen LogP contribution in [0.15, 0.2) is 29.6 Å². The largest absolute Gasteiger partial charge is 0.389 e. The zero-order valence-electron chi connectivity index (χ0n) is 11.0. The highest BCUT2D eigenvalue weighted by atomic mass is 32.1. The zero-order valence-corrected chi connectivity index (χ0v) is 11.8. The van der Waals surface area contributed by atoms with E-state index in [2.05, 4.69) is 10.3 Å². The van der Waals surface area contributed by atoms with E-state index in [0.29, 0.717) is 13.1 Å². The molecular weight excluding hydrogens is 263 g/mol. The first-order valence-corrected chi connectivity index (χ1v) is 6.95. The topological polar surface area (TPSA) is 45.1 Å². The van der Waals surface area contributed by atoms with Crippen molar-refractivity contribution >= 4 is 11.3 Å². The van der Waals surface area contributed by atoms with Gasteiger partial charge < -0.3 is 10.4 Å². The van der Waals surface area contributed by atoms with Gasteiger partial charge in [-0.15, -0.1) is 11.3 Å². The van der Waals surface area contributed by atoms with E-state index >= 15 is 0 Å². The Morgan fingerprint density at radius 2 is 2.00 bits per heavy atom. The van der Waals surface area contributed by atoms with Crippen molar-refractivity contribution in [1.82, 2.24) is 10.3 Å². The van der Waals surface area contributed by atoms with Gasteiger partial charge in [0.15, 0.2) is 0 Å². The molecule has 2 aromatic rings. The predicted octanol–water partition coefficient (Wildman–Crippen LogP) is 2.81. The van der Waals surface area contributed by atoms with Gasteiger partial charge in [-0.25, -0.2) is 9.37 Å². The Balaban J connectivity index is 1.97. The third kappa shape index (κ3) is 4.38. The molecule has 0 spiro atoms. The molecule has 0 saturated heterocycles. The van der Waals surface area contributed by atoms with Crippen molar-refractivity contribution in [1.29, 1.82) is 0 Å². The van der Waals surface area contributed by atoms with Gasteiger partial charge in [-0.3, -0.25) is 0 Å². The molecule has 5 heteroatoms. The number of nitrogens with one attached hydrogen (secondary N) is 1. The molecule has 0 unspecified atom stereocenters. The van der Waals surface area contributed by atoms with E-state index in [4.69, 9.17) is 0 Å². The number of nitrogens with zero attached hydrogens (tertiary/aromatic N) is 1. The van der Waals surface area contributed by atoms with Crippen LogP contribution in [0.25, 0.3) is 10.6 Å². The summed E-state index contributed by atoms with van der Waals surface area (Å²) < 4.78 is 12.8. The van der Waals surface area contributed by atoms with Crippen molar-refractivity contribution < 1.29 is 9.50 Å². The normalized spacial score (nSPS) is 11.8. The van der Waals surface area contributed by atoms with Crippen molar-refractivity contribution in [3.05, 3.63) is 41.2 Å². The van der Waals surface area contributed by atoms with E-state index in [0.717, 1.165) is 16.3 Å². The first-order chi connectivity index (χ1) is 8.94. The SMILES string of the molecule is CC(C)(O)CNCc1csc(-c2ccc(F)cc2)n1. The maximum atomic E-state index is 12.8. The fourth-order valence-corrected chi connectivity index (χ4v) is 2.44. The highest BCUT2D eigenvalue weighted by molar-refractivity contribution is 7.13. The molecule has 0 saturated carbocycles. The minimum atomic E-state index is -0.726. The van der Waals surface area contributed by atoms with Gasteiger partial charge in [-0.2, -0.15) is 0 Å². The monoisotopic (exact) mass is 280 g/mol. The molecule has 3 nitrogen and oxygen atoms in total. The Morgan fingerprint density at radius 3 is 2.63 bits per heavy atom. The number of thiazole rings is 1. The van der Waals surface area contributed by atoms with Crippen molar-refractivity contribution in [3.63, 3.8) is 0 Å². The van der Waals surface area contributed by atoms with Gasteiger partial charge >= 0.3 is 0 Å². The highest BCUT2D eigenvalue weighted by Gasteiger charge is 2.12. The number of aromatic nitrogens is 1. The first kappa shape index (κ1) is 14.1. The number of benzene rings is 1. The summed E-state index contributed by atoms with van der Waals surface area (Å²) in [6.45, 7) is 4.63. The van der Waals surface area contributed by atoms with Gasteiger partial charge in [0.05, 0.1) is 11.3 Å². The molecule has 0 amide bonds. The average Bonchev–Trinajstić information content (AvgIpc) is 2.77. The number of rotatable bonds is 5. The van der Waals surface area contributed by atoms with E-state index < -0.39 is 5.60 Å². The molecule has 102 valence electrons. The Kier molecular flexibility index (Phi) is 4.29. The van der Waals surface area contributed by atoms with E-state index in [1.54, 1.807) is 26.0 Å². The summed E-state index contributed by atoms with van der Waals surface area (Å²) in [6.07, 6.45) is 0. The van der Waals surface area contributed by atoms with Crippen LogP contribution in [0.4, 0.5) is 4.39 Å². The Morgan fingerprint density at radius 1 is 1.32 bits per heavy atom. The van der Waals surface area contributed by atoms with E-state index in [1.165, 1.54) is 23.5 Å². The molecule has 0 radical (unpaired) electrons. The number of halogens is 1. The maximum Gasteiger partial charge on any atom is 0.123 e. The molecule has 19 heavy (non-hydrogen) atoms. The second-order valence-corrected chi connectivity index (χ2v) is 5.92. The molecule has 0 bridgehead atoms. The van der Waals surface area contributed by atoms with E-state index in [-0.39, 0.29) is 5.82 Å². The summed E-state index contributed by atoms with van der Waals surface area (Å²) in [7, 11) is 0. The predicted molar refractivity (Wildman–Crippen MR) is 75.5 cm³/mol. The van der Waals surface area contributed by atoms with Crippen LogP contribution in [0, 0.1) is 5.82 Å². The summed E-state index contributed by atoms with van der Waals surface area (Å²) in [6, 6.07) is 6.32. The third-order valence-electron chi connectivity index (χ3n) is 2.51. The Labute approximate surface area is 116 Å². The quantitative estimate of drug-likeness (QED) is 0.885. The molecule has 0 fully saturated rings. The van der Waals surface area contributed by atoms with Crippen molar-refractivity contribution in [2.75, 3.05) is 6.54 Å². The minimum Gasteiger partial charge on any atom is -0.389 e. The molecular formula is C14H17FN2OS. The van der Waals surface area contributed by atoms with Crippen molar-refractivity contribution in [2.24, 2.45) is 0 Å². The van der Waals surface area contributed by atoms with Gasteiger partial charge in [0.2, 0.25) is 0 Å². The second-order valence-electron chi connectivity index (χ2n) is 5.07. The summed E-state index contributed by atoms with van der Waals surface area (Å²) in [5, 5.41) is 15.6. The lowest BCUT2D eigenvalue weighted by molar-refractivity contribution is 0.0794. The highest BCUT2D eigenvalue weighted by Crippen LogP contribution is 2.23. The Hall–Kier alpha value is -1.30. The summed E-state index contributed by atoms with van der Waals surface area (Å²) >= 11 is 1.53. The van der Waals surface area contributed by atoms with Crippen LogP contribution in [0.1, 0.15) is 19.5 Å². The maximum absolute atomic E-state index is 12.8. The van der Waals surface area contributed by atoms with Crippen molar-refractivity contribution in [3.8, 4) is 10.6 Å². The number of aliphatic hydroxyl groups is 1. The molecule has 1 aromatic carbocycles. The fraction of sp³-hybridized carbons (Fsp3) is 0.357. The van der Waals surface area contributed by atoms with Crippen molar-refractivity contribution in [2.45, 2.75) is 26.0 Å². The molecule has 2 N–H and O–H groups in total. The van der Waals surface area contributed by atoms with Gasteiger partial charge in [0.1, 0.15) is 10.8 Å². The average molecular weight is 280 g/mol. The van der Waals surface area contributed by atoms with Crippen LogP contribution >= 0.6 is 11.3 Å². The standard InChI is InChI=1S/C14H17FN2OS/c1-14(2,18)9-16-7-12-8-19-13(17-12)10-3-5-11(15)6-4-10/h3-6,8,16,18H,7,9H2,1-2H3. The molecule has 1 heterocycles. The summed E-state index contributed by atoms with van der Waals surface area (Å²) in [5.41, 5.74) is 1.12. The minimum absolute atomic E-state index is 0.243. The molecule has 0 aliphatic heterocycles. The third-order valence-corrected chi connectivity index (χ3v) is 3.45. The number of hydrogen-bond donors (Lipinski definition) is 2. The molecule has 0 atom stereocenters. The van der Waals surface area contributed by atoms with Crippen LogP contribution in [-0.2, 0) is 6.54 Å². The molecule has 0 aliphatic carbocycles. The van der Waals surface area contributed by atoms with Crippen LogP contribution in [0.5, 0.6) is 0 Å². The molecule has 1 aromatic heterocycles. The number of hydrogen-bond acceptors (Lipinski definition) is 4. The lowest BCUT2D eigenvalue weighted by Crippen LogP contribution is -2.34. The second kappa shape index (κ2) is 5.77.